The van der Waals surface area contributed by atoms with Gasteiger partial charge in [-0.2, -0.15) is 0 Å². The molecule has 0 atom stereocenters. The number of nitrogens with one attached hydrogen (secondary N) is 1. The summed E-state index contributed by atoms with van der Waals surface area (Å²) in [5.41, 5.74) is 8.75. The van der Waals surface area contributed by atoms with E-state index in [1.807, 2.05) is 6.08 Å². The average Bonchev–Trinajstić information content (AvgIpc) is 3.18. The lowest BCUT2D eigenvalue weighted by atomic mass is 9.93. The van der Waals surface area contributed by atoms with Gasteiger partial charge in [-0.05, 0) is 34.4 Å². The van der Waals surface area contributed by atoms with Gasteiger partial charge in [-0.15, -0.1) is 0 Å². The van der Waals surface area contributed by atoms with Gasteiger partial charge in [0.05, 0.1) is 0 Å². The summed E-state index contributed by atoms with van der Waals surface area (Å²) in [6.07, 6.45) is 5.38. The molecule has 1 aromatic heterocycles. The van der Waals surface area contributed by atoms with Gasteiger partial charge in [0, 0.05) is 23.4 Å². The molecular formula is C28H25BrN2. The van der Waals surface area contributed by atoms with Gasteiger partial charge in [0.25, 0.3) is 0 Å². The minimum Gasteiger partial charge on any atom is -1.00 e. The maximum atomic E-state index is 4.00. The predicted octanol–water partition coefficient (Wildman–Crippen LogP) is 2.85. The summed E-state index contributed by atoms with van der Waals surface area (Å²) in [6.45, 7) is 5.82. The van der Waals surface area contributed by atoms with Gasteiger partial charge in [0.15, 0.2) is 6.54 Å². The summed E-state index contributed by atoms with van der Waals surface area (Å²) >= 11 is 0. The Balaban J connectivity index is 0.00000231. The number of fused-ring (bicyclic) bond motifs is 3. The van der Waals surface area contributed by atoms with Crippen molar-refractivity contribution in [2.45, 2.75) is 6.42 Å². The monoisotopic (exact) mass is 468 g/mol. The van der Waals surface area contributed by atoms with Gasteiger partial charge in [-0.25, -0.2) is 4.58 Å². The molecule has 1 N–H and O–H groups in total. The first-order valence-corrected chi connectivity index (χ1v) is 10.5. The van der Waals surface area contributed by atoms with Crippen molar-refractivity contribution in [1.29, 1.82) is 0 Å². The number of allylic oxidation sites excluding steroid dienone is 1. The van der Waals surface area contributed by atoms with Gasteiger partial charge >= 0.3 is 0 Å². The fraction of sp³-hybridized carbons (Fsp3) is 0.107. The summed E-state index contributed by atoms with van der Waals surface area (Å²) < 4.78 is 2.43. The van der Waals surface area contributed by atoms with Crippen molar-refractivity contribution in [3.63, 3.8) is 0 Å². The molecule has 5 rings (SSSR count). The smallest absolute Gasteiger partial charge is 0.224 e. The van der Waals surface area contributed by atoms with E-state index in [1.165, 1.54) is 44.6 Å². The minimum absolute atomic E-state index is 0. The van der Waals surface area contributed by atoms with Crippen LogP contribution >= 0.6 is 0 Å². The van der Waals surface area contributed by atoms with E-state index in [1.54, 1.807) is 0 Å². The molecule has 1 aliphatic rings. The molecule has 0 radical (unpaired) electrons. The number of aromatic amines is 1. The zero-order valence-corrected chi connectivity index (χ0v) is 19.0. The summed E-state index contributed by atoms with van der Waals surface area (Å²) in [4.78, 5) is 3.71. The molecule has 0 saturated carbocycles. The molecule has 0 unspecified atom stereocenters. The fourth-order valence-corrected chi connectivity index (χ4v) is 4.42. The number of nitrogens with zero attached hydrogens (tertiary/aromatic N) is 1. The van der Waals surface area contributed by atoms with E-state index in [9.17, 15) is 0 Å². The number of H-pyrrole nitrogens is 1. The molecular weight excluding hydrogens is 444 g/mol. The van der Waals surface area contributed by atoms with Gasteiger partial charge in [-0.1, -0.05) is 85.4 Å². The van der Waals surface area contributed by atoms with Crippen LogP contribution in [0.5, 0.6) is 0 Å². The van der Waals surface area contributed by atoms with E-state index in [2.05, 4.69) is 107 Å². The Hall–Kier alpha value is -3.17. The van der Waals surface area contributed by atoms with Crippen LogP contribution in [0.1, 0.15) is 22.4 Å². The highest BCUT2D eigenvalue weighted by molar-refractivity contribution is 6.13. The first-order chi connectivity index (χ1) is 14.8. The Bertz CT molecular complexity index is 1220. The molecule has 0 saturated heterocycles. The topological polar surface area (TPSA) is 18.8 Å². The van der Waals surface area contributed by atoms with E-state index >= 15 is 0 Å². The van der Waals surface area contributed by atoms with Gasteiger partial charge in [0.2, 0.25) is 5.71 Å². The quantitative estimate of drug-likeness (QED) is 0.343. The summed E-state index contributed by atoms with van der Waals surface area (Å²) in [7, 11) is 0. The highest BCUT2D eigenvalue weighted by atomic mass is 79.9. The van der Waals surface area contributed by atoms with Crippen molar-refractivity contribution < 1.29 is 21.6 Å². The largest absolute Gasteiger partial charge is 1.00 e. The van der Waals surface area contributed by atoms with Gasteiger partial charge in [0.1, 0.15) is 12.2 Å². The predicted molar refractivity (Wildman–Crippen MR) is 126 cm³/mol. The molecule has 0 aliphatic carbocycles. The van der Waals surface area contributed by atoms with Crippen LogP contribution in [0.4, 0.5) is 0 Å². The number of rotatable bonds is 5. The Labute approximate surface area is 194 Å². The van der Waals surface area contributed by atoms with Crippen LogP contribution in [0.15, 0.2) is 104 Å². The second kappa shape index (κ2) is 9.32. The van der Waals surface area contributed by atoms with Crippen molar-refractivity contribution in [3.8, 4) is 0 Å². The molecule has 3 aromatic carbocycles. The van der Waals surface area contributed by atoms with E-state index in [0.29, 0.717) is 0 Å². The molecule has 3 heteroatoms. The highest BCUT2D eigenvalue weighted by Crippen LogP contribution is 2.29. The third kappa shape index (κ3) is 4.06. The molecule has 31 heavy (non-hydrogen) atoms. The van der Waals surface area contributed by atoms with Crippen molar-refractivity contribution in [1.82, 2.24) is 4.98 Å². The average molecular weight is 469 g/mol. The molecule has 2 nitrogen and oxygen atoms in total. The van der Waals surface area contributed by atoms with Crippen LogP contribution in [0.25, 0.3) is 16.5 Å². The van der Waals surface area contributed by atoms with Crippen molar-refractivity contribution in [2.75, 3.05) is 13.1 Å². The third-order valence-electron chi connectivity index (χ3n) is 5.84. The third-order valence-corrected chi connectivity index (χ3v) is 5.84. The molecule has 154 valence electrons. The lowest BCUT2D eigenvalue weighted by Gasteiger charge is -2.15. The zero-order valence-electron chi connectivity index (χ0n) is 17.4. The Morgan fingerprint density at radius 2 is 1.48 bits per heavy atom. The van der Waals surface area contributed by atoms with Crippen LogP contribution in [0.2, 0.25) is 0 Å². The van der Waals surface area contributed by atoms with Crippen molar-refractivity contribution in [3.05, 3.63) is 126 Å². The molecule has 2 heterocycles. The standard InChI is InChI=1S/C28H24N2.BrH/c1-2-18-30-19-17-24-23-15-9-10-16-26(23)29-28(24)27(30)20-25(21-11-5-3-6-12-21)22-13-7-4-8-14-22;/h2-16,20H,1,17-19H2;1H. The van der Waals surface area contributed by atoms with Crippen molar-refractivity contribution >= 4 is 22.2 Å². The first-order valence-electron chi connectivity index (χ1n) is 10.5. The number of hydrogen-bond acceptors (Lipinski definition) is 0. The zero-order chi connectivity index (χ0) is 20.3. The molecule has 4 aromatic rings. The molecule has 0 fully saturated rings. The number of hydrogen-bond donors (Lipinski definition) is 1. The number of benzene rings is 3. The van der Waals surface area contributed by atoms with Crippen molar-refractivity contribution in [2.24, 2.45) is 0 Å². The van der Waals surface area contributed by atoms with E-state index in [-0.39, 0.29) is 17.0 Å². The van der Waals surface area contributed by atoms with Crippen LogP contribution in [0.3, 0.4) is 0 Å². The molecule has 0 bridgehead atoms. The first kappa shape index (κ1) is 21.1. The lowest BCUT2D eigenvalue weighted by Crippen LogP contribution is -3.00. The second-order valence-corrected chi connectivity index (χ2v) is 7.68. The Morgan fingerprint density at radius 3 is 2.13 bits per heavy atom. The number of para-hydroxylation sites is 1. The fourth-order valence-electron chi connectivity index (χ4n) is 4.42. The molecule has 0 spiro atoms. The second-order valence-electron chi connectivity index (χ2n) is 7.68. The van der Waals surface area contributed by atoms with E-state index < -0.39 is 0 Å². The van der Waals surface area contributed by atoms with Crippen LogP contribution in [-0.4, -0.2) is 28.4 Å². The summed E-state index contributed by atoms with van der Waals surface area (Å²) in [6, 6.07) is 29.9. The number of aromatic nitrogens is 1. The van der Waals surface area contributed by atoms with Crippen LogP contribution in [0, 0.1) is 0 Å². The van der Waals surface area contributed by atoms with Gasteiger partial charge in [-0.3, -0.25) is 0 Å². The molecule has 0 amide bonds. The SMILES string of the molecule is C=CC[N+]1=C(C=C(c2ccccc2)c2ccccc2)c2[nH]c3ccccc3c2CC1.[Br-]. The lowest BCUT2D eigenvalue weighted by molar-refractivity contribution is -0.517. The molecule has 1 aliphatic heterocycles. The maximum absolute atomic E-state index is 4.00. The normalized spacial score (nSPS) is 12.8. The Morgan fingerprint density at radius 1 is 0.871 bits per heavy atom. The van der Waals surface area contributed by atoms with E-state index in [4.69, 9.17) is 0 Å². The summed E-state index contributed by atoms with van der Waals surface area (Å²) in [5.74, 6) is 0. The minimum atomic E-state index is 0. The van der Waals surface area contributed by atoms with Crippen LogP contribution in [-0.2, 0) is 6.42 Å². The van der Waals surface area contributed by atoms with Gasteiger partial charge < -0.3 is 22.0 Å². The van der Waals surface area contributed by atoms with Crippen LogP contribution < -0.4 is 17.0 Å². The maximum Gasteiger partial charge on any atom is 0.224 e. The Kier molecular flexibility index (Phi) is 6.34. The highest BCUT2D eigenvalue weighted by Gasteiger charge is 2.28. The number of halogens is 1. The summed E-state index contributed by atoms with van der Waals surface area (Å²) in [5, 5.41) is 1.33. The van der Waals surface area contributed by atoms with E-state index in [0.717, 1.165) is 19.5 Å².